The minimum atomic E-state index is -0.907. The Hall–Kier alpha value is -3.96. The van der Waals surface area contributed by atoms with Crippen LogP contribution in [0.15, 0.2) is 41.5 Å². The van der Waals surface area contributed by atoms with Gasteiger partial charge < -0.3 is 9.84 Å². The van der Waals surface area contributed by atoms with Gasteiger partial charge in [0.2, 0.25) is 0 Å². The average molecular weight is 506 g/mol. The second kappa shape index (κ2) is 9.89. The molecule has 0 saturated carbocycles. The number of nitro benzene ring substituents is 1. The van der Waals surface area contributed by atoms with Crippen LogP contribution < -0.4 is 5.43 Å². The lowest BCUT2D eigenvalue weighted by molar-refractivity contribution is -0.385. The number of rotatable bonds is 6. The van der Waals surface area contributed by atoms with E-state index in [9.17, 15) is 24.8 Å². The van der Waals surface area contributed by atoms with Gasteiger partial charge in [0, 0.05) is 24.2 Å². The number of methoxy groups -OCH3 is 1. The molecule has 0 spiro atoms. The topological polar surface area (TPSA) is 149 Å². The summed E-state index contributed by atoms with van der Waals surface area (Å²) in [4.78, 5) is 34.7. The van der Waals surface area contributed by atoms with E-state index in [2.05, 4.69) is 20.4 Å². The predicted octanol–water partition coefficient (Wildman–Crippen LogP) is 3.95. The summed E-state index contributed by atoms with van der Waals surface area (Å²) in [7, 11) is 2.69. The molecule has 2 aromatic carbocycles. The summed E-state index contributed by atoms with van der Waals surface area (Å²) in [5, 5.41) is 30.8. The first kappa shape index (κ1) is 24.7. The number of aromatic nitrogens is 2. The molecule has 0 aliphatic heterocycles. The Morgan fingerprint density at radius 1 is 1.21 bits per heavy atom. The van der Waals surface area contributed by atoms with Gasteiger partial charge in [0.25, 0.3) is 11.6 Å². The molecular formula is C21H17Cl2N5O6. The first-order valence-electron chi connectivity index (χ1n) is 9.48. The molecule has 3 rings (SSSR count). The second-order valence-electron chi connectivity index (χ2n) is 6.92. The zero-order valence-electron chi connectivity index (χ0n) is 18.0. The molecule has 1 heterocycles. The lowest BCUT2D eigenvalue weighted by Crippen LogP contribution is -2.20. The quantitative estimate of drug-likeness (QED) is 0.223. The van der Waals surface area contributed by atoms with Gasteiger partial charge >= 0.3 is 5.97 Å². The largest absolute Gasteiger partial charge is 0.504 e. The summed E-state index contributed by atoms with van der Waals surface area (Å²) >= 11 is 12.0. The van der Waals surface area contributed by atoms with E-state index in [1.165, 1.54) is 17.7 Å². The highest BCUT2D eigenvalue weighted by molar-refractivity contribution is 6.42. The Labute approximate surface area is 202 Å². The van der Waals surface area contributed by atoms with Crippen LogP contribution in [0, 0.1) is 10.1 Å². The van der Waals surface area contributed by atoms with Crippen LogP contribution in [-0.2, 0) is 11.8 Å². The molecule has 0 radical (unpaired) electrons. The Bertz CT molecular complexity index is 1350. The van der Waals surface area contributed by atoms with E-state index >= 15 is 0 Å². The van der Waals surface area contributed by atoms with Gasteiger partial charge in [-0.05, 0) is 31.2 Å². The van der Waals surface area contributed by atoms with Gasteiger partial charge in [0.1, 0.15) is 11.3 Å². The molecule has 13 heteroatoms. The van der Waals surface area contributed by atoms with Crippen molar-refractivity contribution < 1.29 is 24.4 Å². The fourth-order valence-corrected chi connectivity index (χ4v) is 3.38. The molecule has 0 fully saturated rings. The van der Waals surface area contributed by atoms with E-state index in [1.54, 1.807) is 25.2 Å². The number of hydrogen-bond acceptors (Lipinski definition) is 8. The van der Waals surface area contributed by atoms with Crippen LogP contribution in [0.1, 0.15) is 33.3 Å². The SMILES string of the molecule is COC(=O)c1ccc(C(=O)N/N=C(/C)c2nn(C)c(-c3ccc(Cl)c(Cl)c3)c2O)cc1[N+](=O)[O-]. The number of nitrogens with zero attached hydrogens (tertiary/aromatic N) is 4. The number of aromatic hydroxyl groups is 1. The van der Waals surface area contributed by atoms with Gasteiger partial charge in [0.15, 0.2) is 11.4 Å². The Morgan fingerprint density at radius 2 is 1.91 bits per heavy atom. The number of hydrazone groups is 1. The molecule has 34 heavy (non-hydrogen) atoms. The summed E-state index contributed by atoms with van der Waals surface area (Å²) in [6.45, 7) is 1.50. The highest BCUT2D eigenvalue weighted by Gasteiger charge is 2.24. The standard InChI is InChI=1S/C21H17Cl2N5O6/c1-10(17-19(29)18(27(2)26-17)11-5-7-14(22)15(23)8-11)24-25-20(30)12-4-6-13(21(31)34-3)16(9-12)28(32)33/h4-9,29H,1-3H3,(H,25,30)/b24-10-. The first-order chi connectivity index (χ1) is 16.0. The van der Waals surface area contributed by atoms with Crippen molar-refractivity contribution in [3.8, 4) is 17.0 Å². The Balaban J connectivity index is 1.87. The van der Waals surface area contributed by atoms with E-state index in [1.807, 2.05) is 0 Å². The molecule has 0 unspecified atom stereocenters. The lowest BCUT2D eigenvalue weighted by atomic mass is 10.1. The number of carbonyl (C=O) groups is 2. The third kappa shape index (κ3) is 4.85. The normalized spacial score (nSPS) is 11.3. The molecule has 1 aromatic heterocycles. The van der Waals surface area contributed by atoms with Gasteiger partial charge in [0.05, 0.1) is 27.8 Å². The minimum absolute atomic E-state index is 0.0934. The highest BCUT2D eigenvalue weighted by Crippen LogP contribution is 2.35. The van der Waals surface area contributed by atoms with Gasteiger partial charge in [-0.25, -0.2) is 10.2 Å². The van der Waals surface area contributed by atoms with Crippen molar-refractivity contribution in [1.82, 2.24) is 15.2 Å². The van der Waals surface area contributed by atoms with Crippen LogP contribution in [0.5, 0.6) is 5.75 Å². The molecule has 2 N–H and O–H groups in total. The summed E-state index contributed by atoms with van der Waals surface area (Å²) in [6, 6.07) is 8.09. The number of amides is 1. The van der Waals surface area contributed by atoms with E-state index in [0.29, 0.717) is 21.3 Å². The summed E-state index contributed by atoms with van der Waals surface area (Å²) in [5.41, 5.74) is 2.42. The van der Waals surface area contributed by atoms with Crippen molar-refractivity contribution in [2.45, 2.75) is 6.92 Å². The summed E-state index contributed by atoms with van der Waals surface area (Å²) < 4.78 is 5.93. The maximum Gasteiger partial charge on any atom is 0.344 e. The number of aryl methyl sites for hydroxylation is 1. The number of ether oxygens (including phenoxy) is 1. The van der Waals surface area contributed by atoms with E-state index in [0.717, 1.165) is 19.2 Å². The number of benzene rings is 2. The number of esters is 1. The molecule has 0 aliphatic carbocycles. The number of nitrogens with one attached hydrogen (secondary N) is 1. The van der Waals surface area contributed by atoms with Crippen LogP contribution in [0.3, 0.4) is 0 Å². The monoisotopic (exact) mass is 505 g/mol. The maximum absolute atomic E-state index is 12.5. The number of halogens is 2. The van der Waals surface area contributed by atoms with E-state index in [4.69, 9.17) is 23.2 Å². The number of nitro groups is 1. The van der Waals surface area contributed by atoms with E-state index < -0.39 is 22.5 Å². The molecular weight excluding hydrogens is 489 g/mol. The Kier molecular flexibility index (Phi) is 7.18. The third-order valence-corrected chi connectivity index (χ3v) is 5.48. The van der Waals surface area contributed by atoms with Crippen molar-refractivity contribution in [3.63, 3.8) is 0 Å². The third-order valence-electron chi connectivity index (χ3n) is 4.75. The van der Waals surface area contributed by atoms with Crippen LogP contribution in [-0.4, -0.2) is 44.5 Å². The summed E-state index contributed by atoms with van der Waals surface area (Å²) in [5.74, 6) is -1.88. The zero-order valence-corrected chi connectivity index (χ0v) is 19.5. The maximum atomic E-state index is 12.5. The van der Waals surface area contributed by atoms with Gasteiger partial charge in [-0.15, -0.1) is 0 Å². The van der Waals surface area contributed by atoms with Crippen LogP contribution in [0.25, 0.3) is 11.3 Å². The second-order valence-corrected chi connectivity index (χ2v) is 7.73. The van der Waals surface area contributed by atoms with Crippen molar-refractivity contribution in [1.29, 1.82) is 0 Å². The van der Waals surface area contributed by atoms with Crippen LogP contribution in [0.2, 0.25) is 10.0 Å². The Morgan fingerprint density at radius 3 is 2.53 bits per heavy atom. The molecule has 11 nitrogen and oxygen atoms in total. The van der Waals surface area contributed by atoms with Crippen LogP contribution in [0.4, 0.5) is 5.69 Å². The predicted molar refractivity (Wildman–Crippen MR) is 124 cm³/mol. The van der Waals surface area contributed by atoms with Crippen molar-refractivity contribution >= 4 is 46.5 Å². The minimum Gasteiger partial charge on any atom is -0.504 e. The zero-order chi connectivity index (χ0) is 25.2. The van der Waals surface area contributed by atoms with Crippen molar-refractivity contribution in [2.24, 2.45) is 12.1 Å². The molecule has 0 saturated heterocycles. The van der Waals surface area contributed by atoms with Crippen molar-refractivity contribution in [3.05, 3.63) is 73.4 Å². The molecule has 3 aromatic rings. The highest BCUT2D eigenvalue weighted by atomic mass is 35.5. The fourth-order valence-electron chi connectivity index (χ4n) is 3.08. The fraction of sp³-hybridized carbons (Fsp3) is 0.143. The van der Waals surface area contributed by atoms with E-state index in [-0.39, 0.29) is 28.3 Å². The van der Waals surface area contributed by atoms with Gasteiger partial charge in [-0.1, -0.05) is 29.3 Å². The smallest absolute Gasteiger partial charge is 0.344 e. The first-order valence-corrected chi connectivity index (χ1v) is 10.2. The molecule has 0 aliphatic rings. The lowest BCUT2D eigenvalue weighted by Gasteiger charge is -2.05. The molecule has 1 amide bonds. The number of carbonyl (C=O) groups excluding carboxylic acids is 2. The van der Waals surface area contributed by atoms with Gasteiger partial charge in [-0.2, -0.15) is 10.2 Å². The molecule has 176 valence electrons. The number of hydrogen-bond donors (Lipinski definition) is 2. The molecule has 0 atom stereocenters. The van der Waals surface area contributed by atoms with Crippen LogP contribution >= 0.6 is 23.2 Å². The average Bonchev–Trinajstić information content (AvgIpc) is 3.11. The molecule has 0 bridgehead atoms. The van der Waals surface area contributed by atoms with Gasteiger partial charge in [-0.3, -0.25) is 19.6 Å². The van der Waals surface area contributed by atoms with Crippen molar-refractivity contribution in [2.75, 3.05) is 7.11 Å². The summed E-state index contributed by atoms with van der Waals surface area (Å²) in [6.07, 6.45) is 0.